The van der Waals surface area contributed by atoms with Crippen LogP contribution in [-0.2, 0) is 4.79 Å². The van der Waals surface area contributed by atoms with Crippen LogP contribution in [-0.4, -0.2) is 25.1 Å². The van der Waals surface area contributed by atoms with Crippen molar-refractivity contribution in [3.8, 4) is 5.75 Å². The lowest BCUT2D eigenvalue weighted by Gasteiger charge is -2.08. The van der Waals surface area contributed by atoms with Crippen LogP contribution in [0.15, 0.2) is 24.3 Å². The van der Waals surface area contributed by atoms with E-state index < -0.39 is 0 Å². The van der Waals surface area contributed by atoms with Crippen molar-refractivity contribution in [2.24, 2.45) is 5.73 Å². The van der Waals surface area contributed by atoms with E-state index in [1.54, 1.807) is 0 Å². The van der Waals surface area contributed by atoms with Crippen LogP contribution in [0.2, 0.25) is 0 Å². The number of amides is 1. The third-order valence-corrected chi connectivity index (χ3v) is 2.51. The Morgan fingerprint density at radius 3 is 2.94 bits per heavy atom. The van der Waals surface area contributed by atoms with Gasteiger partial charge in [-0.25, -0.2) is 0 Å². The fourth-order valence-electron chi connectivity index (χ4n) is 1.49. The fourth-order valence-corrected chi connectivity index (χ4v) is 1.49. The minimum absolute atomic E-state index is 0.00306. The van der Waals surface area contributed by atoms with Crippen molar-refractivity contribution in [2.45, 2.75) is 32.7 Å². The molecule has 0 aliphatic rings. The summed E-state index contributed by atoms with van der Waals surface area (Å²) in [7, 11) is 0. The third-order valence-electron chi connectivity index (χ3n) is 2.51. The zero-order valence-corrected chi connectivity index (χ0v) is 11.1. The Bertz CT molecular complexity index is 378. The first-order valence-electron chi connectivity index (χ1n) is 6.29. The molecule has 0 aliphatic heterocycles. The van der Waals surface area contributed by atoms with Gasteiger partial charge in [-0.2, -0.15) is 0 Å². The van der Waals surface area contributed by atoms with E-state index in [1.165, 1.54) is 0 Å². The van der Waals surface area contributed by atoms with Gasteiger partial charge in [-0.3, -0.25) is 4.79 Å². The second-order valence-electron chi connectivity index (χ2n) is 4.53. The molecule has 0 heterocycles. The number of hydrogen-bond acceptors (Lipinski definition) is 3. The summed E-state index contributed by atoms with van der Waals surface area (Å²) in [6.07, 6.45) is 1.16. The topological polar surface area (TPSA) is 64.3 Å². The first kappa shape index (κ1) is 14.5. The Morgan fingerprint density at radius 2 is 2.28 bits per heavy atom. The molecule has 0 saturated heterocycles. The molecule has 1 amide bonds. The summed E-state index contributed by atoms with van der Waals surface area (Å²) in [4.78, 5) is 11.4. The molecular weight excluding hydrogens is 228 g/mol. The molecule has 4 heteroatoms. The summed E-state index contributed by atoms with van der Waals surface area (Å²) in [5, 5.41) is 2.81. The Kier molecular flexibility index (Phi) is 6.22. The van der Waals surface area contributed by atoms with Crippen LogP contribution in [0.3, 0.4) is 0 Å². The zero-order valence-electron chi connectivity index (χ0n) is 11.1. The lowest BCUT2D eigenvalue weighted by atomic mass is 10.2. The Hall–Kier alpha value is -1.55. The number of ether oxygens (including phenoxy) is 1. The van der Waals surface area contributed by atoms with Crippen molar-refractivity contribution >= 4 is 5.91 Å². The van der Waals surface area contributed by atoms with Crippen molar-refractivity contribution in [3.05, 3.63) is 29.8 Å². The predicted molar refractivity (Wildman–Crippen MR) is 72.6 cm³/mol. The average molecular weight is 250 g/mol. The van der Waals surface area contributed by atoms with Crippen molar-refractivity contribution < 1.29 is 9.53 Å². The van der Waals surface area contributed by atoms with Crippen molar-refractivity contribution in [1.29, 1.82) is 0 Å². The van der Waals surface area contributed by atoms with E-state index in [4.69, 9.17) is 10.5 Å². The van der Waals surface area contributed by atoms with Crippen molar-refractivity contribution in [1.82, 2.24) is 5.32 Å². The maximum absolute atomic E-state index is 11.4. The van der Waals surface area contributed by atoms with Gasteiger partial charge >= 0.3 is 0 Å². The highest BCUT2D eigenvalue weighted by molar-refractivity contribution is 5.75. The van der Waals surface area contributed by atoms with Crippen LogP contribution in [0.5, 0.6) is 5.75 Å². The van der Waals surface area contributed by atoms with Gasteiger partial charge in [-0.05, 0) is 38.0 Å². The first-order valence-corrected chi connectivity index (χ1v) is 6.29. The predicted octanol–water partition coefficient (Wildman–Crippen LogP) is 1.62. The summed E-state index contributed by atoms with van der Waals surface area (Å²) in [6.45, 7) is 4.95. The molecule has 1 aromatic carbocycles. The Balaban J connectivity index is 2.15. The molecule has 1 atom stereocenters. The van der Waals surface area contributed by atoms with Crippen LogP contribution in [0, 0.1) is 6.92 Å². The van der Waals surface area contributed by atoms with Crippen LogP contribution < -0.4 is 15.8 Å². The van der Waals surface area contributed by atoms with Gasteiger partial charge in [-0.15, -0.1) is 0 Å². The van der Waals surface area contributed by atoms with Gasteiger partial charge in [-0.1, -0.05) is 12.1 Å². The molecule has 0 aromatic heterocycles. The molecule has 0 aliphatic carbocycles. The molecule has 1 unspecified atom stereocenters. The highest BCUT2D eigenvalue weighted by atomic mass is 16.5. The number of rotatable bonds is 7. The van der Waals surface area contributed by atoms with Gasteiger partial charge in [0.1, 0.15) is 5.75 Å². The van der Waals surface area contributed by atoms with E-state index in [1.807, 2.05) is 38.1 Å². The summed E-state index contributed by atoms with van der Waals surface area (Å²) in [5.74, 6) is 0.807. The highest BCUT2D eigenvalue weighted by Gasteiger charge is 2.02. The van der Waals surface area contributed by atoms with Gasteiger partial charge in [0.2, 0.25) is 5.91 Å². The van der Waals surface area contributed by atoms with Gasteiger partial charge in [0.05, 0.1) is 13.0 Å². The minimum atomic E-state index is 0.00306. The van der Waals surface area contributed by atoms with Crippen LogP contribution in [0.1, 0.15) is 25.3 Å². The van der Waals surface area contributed by atoms with E-state index >= 15 is 0 Å². The maximum atomic E-state index is 11.4. The second-order valence-corrected chi connectivity index (χ2v) is 4.53. The van der Waals surface area contributed by atoms with Crippen molar-refractivity contribution in [3.63, 3.8) is 0 Å². The molecule has 1 rings (SSSR count). The maximum Gasteiger partial charge on any atom is 0.223 e. The van der Waals surface area contributed by atoms with Gasteiger partial charge < -0.3 is 15.8 Å². The van der Waals surface area contributed by atoms with Crippen LogP contribution >= 0.6 is 0 Å². The number of carbonyl (C=O) groups excluding carboxylic acids is 1. The number of hydrogen-bond donors (Lipinski definition) is 2. The van der Waals surface area contributed by atoms with E-state index in [0.717, 1.165) is 17.7 Å². The molecule has 0 radical (unpaired) electrons. The molecule has 100 valence electrons. The standard InChI is InChI=1S/C14H22N2O2/c1-11-4-3-5-13(10-11)18-9-7-14(17)16-8-6-12(2)15/h3-5,10,12H,6-9,15H2,1-2H3,(H,16,17). The second kappa shape index (κ2) is 7.71. The summed E-state index contributed by atoms with van der Waals surface area (Å²) in [5.41, 5.74) is 6.74. The average Bonchev–Trinajstić information content (AvgIpc) is 2.28. The van der Waals surface area contributed by atoms with E-state index in [0.29, 0.717) is 19.6 Å². The van der Waals surface area contributed by atoms with E-state index in [9.17, 15) is 4.79 Å². The third kappa shape index (κ3) is 6.25. The normalized spacial score (nSPS) is 11.9. The monoisotopic (exact) mass is 250 g/mol. The van der Waals surface area contributed by atoms with Crippen molar-refractivity contribution in [2.75, 3.05) is 13.2 Å². The largest absolute Gasteiger partial charge is 0.493 e. The van der Waals surface area contributed by atoms with Gasteiger partial charge in [0.25, 0.3) is 0 Å². The summed E-state index contributed by atoms with van der Waals surface area (Å²) < 4.78 is 5.50. The van der Waals surface area contributed by atoms with Crippen LogP contribution in [0.4, 0.5) is 0 Å². The quantitative estimate of drug-likeness (QED) is 0.773. The Morgan fingerprint density at radius 1 is 1.50 bits per heavy atom. The lowest BCUT2D eigenvalue weighted by Crippen LogP contribution is -2.29. The first-order chi connectivity index (χ1) is 8.58. The summed E-state index contributed by atoms with van der Waals surface area (Å²) in [6, 6.07) is 7.91. The Labute approximate surface area is 109 Å². The molecular formula is C14H22N2O2. The SMILES string of the molecule is Cc1cccc(OCCC(=O)NCCC(C)N)c1. The zero-order chi connectivity index (χ0) is 13.4. The fraction of sp³-hybridized carbons (Fsp3) is 0.500. The molecule has 1 aromatic rings. The molecule has 0 fully saturated rings. The number of nitrogens with one attached hydrogen (secondary N) is 1. The highest BCUT2D eigenvalue weighted by Crippen LogP contribution is 2.12. The van der Waals surface area contributed by atoms with Gasteiger partial charge in [0.15, 0.2) is 0 Å². The molecule has 0 saturated carbocycles. The number of benzene rings is 1. The van der Waals surface area contributed by atoms with Gasteiger partial charge in [0, 0.05) is 12.6 Å². The number of aryl methyl sites for hydroxylation is 1. The minimum Gasteiger partial charge on any atom is -0.493 e. The van der Waals surface area contributed by atoms with E-state index in [2.05, 4.69) is 5.32 Å². The smallest absolute Gasteiger partial charge is 0.223 e. The van der Waals surface area contributed by atoms with E-state index in [-0.39, 0.29) is 11.9 Å². The summed E-state index contributed by atoms with van der Waals surface area (Å²) >= 11 is 0. The molecule has 4 nitrogen and oxygen atoms in total. The van der Waals surface area contributed by atoms with Crippen LogP contribution in [0.25, 0.3) is 0 Å². The molecule has 18 heavy (non-hydrogen) atoms. The number of carbonyl (C=O) groups is 1. The molecule has 0 spiro atoms. The molecule has 3 N–H and O–H groups in total. The lowest BCUT2D eigenvalue weighted by molar-refractivity contribution is -0.121. The number of nitrogens with two attached hydrogens (primary N) is 1. The molecule has 0 bridgehead atoms.